The summed E-state index contributed by atoms with van der Waals surface area (Å²) in [6.07, 6.45) is 7.28. The number of pyridine rings is 1. The molecule has 1 N–H and O–H groups in total. The lowest BCUT2D eigenvalue weighted by molar-refractivity contribution is 1.18. The molecule has 0 atom stereocenters. The molecule has 0 saturated heterocycles. The molecule has 78 valence electrons. The number of nitrogens with one attached hydrogen (secondary N) is 1. The lowest BCUT2D eigenvalue weighted by Gasteiger charge is -2.06. The molecule has 0 aromatic carbocycles. The summed E-state index contributed by atoms with van der Waals surface area (Å²) in [4.78, 5) is 4.21. The molecule has 0 aliphatic heterocycles. The predicted molar refractivity (Wildman–Crippen MR) is 65.9 cm³/mol. The van der Waals surface area contributed by atoms with Gasteiger partial charge in [0.25, 0.3) is 0 Å². The number of hydrogen-bond donors (Lipinski definition) is 1. The molecule has 1 heterocycles. The molecule has 1 aromatic rings. The Hall–Kier alpha value is -1.83. The van der Waals surface area contributed by atoms with Crippen molar-refractivity contribution in [2.45, 2.75) is 6.92 Å². The minimum Gasteiger partial charge on any atom is -0.366 e. The fourth-order valence-corrected chi connectivity index (χ4v) is 1.18. The number of anilines is 1. The van der Waals surface area contributed by atoms with Crippen molar-refractivity contribution in [3.8, 4) is 0 Å². The molecule has 2 heteroatoms. The number of hydrogen-bond acceptors (Lipinski definition) is 2. The summed E-state index contributed by atoms with van der Waals surface area (Å²) in [6, 6.07) is 3.98. The van der Waals surface area contributed by atoms with Gasteiger partial charge in [-0.3, -0.25) is 0 Å². The average Bonchev–Trinajstić information content (AvgIpc) is 2.24. The van der Waals surface area contributed by atoms with E-state index in [1.165, 1.54) is 5.56 Å². The van der Waals surface area contributed by atoms with Gasteiger partial charge in [-0.2, -0.15) is 0 Å². The molecular weight excluding hydrogens is 184 g/mol. The van der Waals surface area contributed by atoms with Crippen LogP contribution >= 0.6 is 0 Å². The predicted octanol–water partition coefficient (Wildman–Crippen LogP) is 3.10. The van der Waals surface area contributed by atoms with Gasteiger partial charge in [-0.1, -0.05) is 31.4 Å². The van der Waals surface area contributed by atoms with E-state index in [2.05, 4.69) is 23.5 Å². The topological polar surface area (TPSA) is 24.9 Å². The lowest BCUT2D eigenvalue weighted by Crippen LogP contribution is -2.04. The van der Waals surface area contributed by atoms with Crippen LogP contribution in [0.2, 0.25) is 0 Å². The van der Waals surface area contributed by atoms with Crippen LogP contribution in [0.3, 0.4) is 0 Å². The van der Waals surface area contributed by atoms with Gasteiger partial charge in [0, 0.05) is 12.7 Å². The maximum atomic E-state index is 4.21. The molecule has 2 nitrogen and oxygen atoms in total. The normalized spacial score (nSPS) is 10.9. The second-order valence-electron chi connectivity index (χ2n) is 3.25. The molecule has 0 saturated carbocycles. The summed E-state index contributed by atoms with van der Waals surface area (Å²) in [6.45, 7) is 10.1. The number of aromatic nitrogens is 1. The quantitative estimate of drug-likeness (QED) is 0.739. The highest BCUT2D eigenvalue weighted by Gasteiger charge is 1.94. The Morgan fingerprint density at radius 1 is 1.53 bits per heavy atom. The first-order valence-electron chi connectivity index (χ1n) is 4.87. The van der Waals surface area contributed by atoms with Gasteiger partial charge in [-0.15, -0.1) is 0 Å². The van der Waals surface area contributed by atoms with E-state index in [1.54, 1.807) is 12.3 Å². The summed E-state index contributed by atoms with van der Waals surface area (Å²) in [5.41, 5.74) is 2.29. The fourth-order valence-electron chi connectivity index (χ4n) is 1.18. The molecule has 0 amide bonds. The first-order chi connectivity index (χ1) is 7.26. The highest BCUT2D eigenvalue weighted by molar-refractivity contribution is 5.40. The summed E-state index contributed by atoms with van der Waals surface area (Å²) in [7, 11) is 0. The van der Waals surface area contributed by atoms with Crippen molar-refractivity contribution >= 4 is 5.82 Å². The van der Waals surface area contributed by atoms with Gasteiger partial charge in [-0.05, 0) is 30.2 Å². The van der Waals surface area contributed by atoms with E-state index < -0.39 is 0 Å². The summed E-state index contributed by atoms with van der Waals surface area (Å²) < 4.78 is 0. The van der Waals surface area contributed by atoms with E-state index in [0.717, 1.165) is 11.4 Å². The summed E-state index contributed by atoms with van der Waals surface area (Å²) >= 11 is 0. The first kappa shape index (κ1) is 11.2. The monoisotopic (exact) mass is 200 g/mol. The zero-order valence-electron chi connectivity index (χ0n) is 9.03. The number of nitrogens with zero attached hydrogens (tertiary/aromatic N) is 1. The van der Waals surface area contributed by atoms with Crippen LogP contribution in [0.1, 0.15) is 5.56 Å². The summed E-state index contributed by atoms with van der Waals surface area (Å²) in [5.74, 6) is 0.881. The van der Waals surface area contributed by atoms with Crippen LogP contribution < -0.4 is 5.32 Å². The SMILES string of the molecule is C=C/C=C(\C=C)CNc1cc(C)ccn1. The van der Waals surface area contributed by atoms with Gasteiger partial charge < -0.3 is 5.32 Å². The van der Waals surface area contributed by atoms with Gasteiger partial charge in [0.15, 0.2) is 0 Å². The average molecular weight is 200 g/mol. The van der Waals surface area contributed by atoms with Crippen molar-refractivity contribution in [3.05, 3.63) is 60.9 Å². The first-order valence-corrected chi connectivity index (χ1v) is 4.87. The fraction of sp³-hybridized carbons (Fsp3) is 0.154. The molecule has 0 aliphatic carbocycles. The van der Waals surface area contributed by atoms with Crippen molar-refractivity contribution < 1.29 is 0 Å². The van der Waals surface area contributed by atoms with Crippen LogP contribution in [0.4, 0.5) is 5.82 Å². The van der Waals surface area contributed by atoms with E-state index >= 15 is 0 Å². The van der Waals surface area contributed by atoms with Crippen LogP contribution in [0.25, 0.3) is 0 Å². The molecule has 0 spiro atoms. The highest BCUT2D eigenvalue weighted by Crippen LogP contribution is 2.06. The molecule has 15 heavy (non-hydrogen) atoms. The van der Waals surface area contributed by atoms with Gasteiger partial charge in [0.2, 0.25) is 0 Å². The standard InChI is InChI=1S/C13H16N2/c1-4-6-12(5-2)10-15-13-9-11(3)7-8-14-13/h4-9H,1-2,10H2,3H3,(H,14,15)/b12-6+. The largest absolute Gasteiger partial charge is 0.366 e. The van der Waals surface area contributed by atoms with Gasteiger partial charge >= 0.3 is 0 Å². The molecule has 0 aliphatic rings. The minimum absolute atomic E-state index is 0.714. The second-order valence-corrected chi connectivity index (χ2v) is 3.25. The molecule has 1 rings (SSSR count). The van der Waals surface area contributed by atoms with Crippen molar-refractivity contribution in [1.82, 2.24) is 4.98 Å². The zero-order valence-corrected chi connectivity index (χ0v) is 9.03. The van der Waals surface area contributed by atoms with Crippen molar-refractivity contribution in [2.75, 3.05) is 11.9 Å². The third kappa shape index (κ3) is 3.81. The number of rotatable bonds is 5. The van der Waals surface area contributed by atoms with Crippen LogP contribution in [0.15, 0.2) is 55.3 Å². The Balaban J connectivity index is 2.60. The molecule has 0 fully saturated rings. The van der Waals surface area contributed by atoms with Crippen molar-refractivity contribution in [3.63, 3.8) is 0 Å². The van der Waals surface area contributed by atoms with Crippen LogP contribution in [-0.2, 0) is 0 Å². The Bertz CT molecular complexity index is 378. The van der Waals surface area contributed by atoms with E-state index in [1.807, 2.05) is 31.2 Å². The van der Waals surface area contributed by atoms with Gasteiger partial charge in [-0.25, -0.2) is 4.98 Å². The van der Waals surface area contributed by atoms with E-state index in [-0.39, 0.29) is 0 Å². The van der Waals surface area contributed by atoms with Gasteiger partial charge in [0.05, 0.1) is 0 Å². The Morgan fingerprint density at radius 3 is 2.93 bits per heavy atom. The van der Waals surface area contributed by atoms with Crippen LogP contribution in [0, 0.1) is 6.92 Å². The van der Waals surface area contributed by atoms with Gasteiger partial charge in [0.1, 0.15) is 5.82 Å². The maximum Gasteiger partial charge on any atom is 0.126 e. The van der Waals surface area contributed by atoms with Crippen LogP contribution in [0.5, 0.6) is 0 Å². The summed E-state index contributed by atoms with van der Waals surface area (Å²) in [5, 5.41) is 3.22. The molecule has 1 aromatic heterocycles. The van der Waals surface area contributed by atoms with E-state index in [4.69, 9.17) is 0 Å². The van der Waals surface area contributed by atoms with Crippen molar-refractivity contribution in [2.24, 2.45) is 0 Å². The molecule has 0 radical (unpaired) electrons. The molecular formula is C13H16N2. The smallest absolute Gasteiger partial charge is 0.126 e. The van der Waals surface area contributed by atoms with Crippen LogP contribution in [-0.4, -0.2) is 11.5 Å². The third-order valence-electron chi connectivity index (χ3n) is 1.98. The highest BCUT2D eigenvalue weighted by atomic mass is 15.0. The second kappa shape index (κ2) is 5.81. The number of allylic oxidation sites excluding steroid dienone is 2. The third-order valence-corrected chi connectivity index (χ3v) is 1.98. The Morgan fingerprint density at radius 2 is 2.33 bits per heavy atom. The number of aryl methyl sites for hydroxylation is 1. The Kier molecular flexibility index (Phi) is 4.35. The maximum absolute atomic E-state index is 4.21. The lowest BCUT2D eigenvalue weighted by atomic mass is 10.2. The Labute approximate surface area is 91.1 Å². The van der Waals surface area contributed by atoms with Crippen molar-refractivity contribution in [1.29, 1.82) is 0 Å². The molecule has 0 unspecified atom stereocenters. The zero-order chi connectivity index (χ0) is 11.1. The van der Waals surface area contributed by atoms with E-state index in [9.17, 15) is 0 Å². The molecule has 0 bridgehead atoms. The minimum atomic E-state index is 0.714. The van der Waals surface area contributed by atoms with E-state index in [0.29, 0.717) is 6.54 Å².